The topological polar surface area (TPSA) is 175 Å². The SMILES string of the molecule is COc1ccc(C=Nc2cc3c(cc2CCN(C)C)OCO3)cc1.O=C(O)CC(O)(CC(=O)O)C(=O)O. The molecule has 12 nitrogen and oxygen atoms in total. The second kappa shape index (κ2) is 13.2. The summed E-state index contributed by atoms with van der Waals surface area (Å²) >= 11 is 0. The molecule has 0 aliphatic carbocycles. The van der Waals surface area contributed by atoms with E-state index in [-0.39, 0.29) is 6.79 Å². The molecule has 0 fully saturated rings. The molecule has 2 aromatic rings. The fraction of sp³-hybridized carbons (Fsp3) is 0.360. The summed E-state index contributed by atoms with van der Waals surface area (Å²) in [6.07, 6.45) is 0.471. The lowest BCUT2D eigenvalue weighted by Crippen LogP contribution is -2.42. The van der Waals surface area contributed by atoms with Gasteiger partial charge in [0.25, 0.3) is 0 Å². The molecule has 0 radical (unpaired) electrons. The quantitative estimate of drug-likeness (QED) is 0.320. The van der Waals surface area contributed by atoms with E-state index in [0.717, 1.165) is 47.0 Å². The molecule has 200 valence electrons. The molecule has 1 aliphatic rings. The number of aliphatic hydroxyl groups is 1. The van der Waals surface area contributed by atoms with Crippen molar-refractivity contribution in [2.24, 2.45) is 4.99 Å². The maximum absolute atomic E-state index is 10.3. The summed E-state index contributed by atoms with van der Waals surface area (Å²) in [7, 11) is 5.79. The Bertz CT molecular complexity index is 1110. The van der Waals surface area contributed by atoms with Crippen molar-refractivity contribution in [1.29, 1.82) is 0 Å². The smallest absolute Gasteiger partial charge is 0.336 e. The predicted molar refractivity (Wildman–Crippen MR) is 132 cm³/mol. The highest BCUT2D eigenvalue weighted by Gasteiger charge is 2.40. The van der Waals surface area contributed by atoms with E-state index in [9.17, 15) is 14.4 Å². The molecule has 0 spiro atoms. The number of carboxylic acid groups (broad SMARTS) is 3. The van der Waals surface area contributed by atoms with Crippen molar-refractivity contribution in [1.82, 2.24) is 4.90 Å². The average Bonchev–Trinajstić information content (AvgIpc) is 3.28. The Morgan fingerprint density at radius 3 is 2.08 bits per heavy atom. The Labute approximate surface area is 213 Å². The van der Waals surface area contributed by atoms with Crippen LogP contribution in [0.5, 0.6) is 17.2 Å². The van der Waals surface area contributed by atoms with Crippen LogP contribution in [0.25, 0.3) is 0 Å². The number of hydrogen-bond donors (Lipinski definition) is 4. The monoisotopic (exact) mass is 518 g/mol. The zero-order valence-electron chi connectivity index (χ0n) is 20.7. The largest absolute Gasteiger partial charge is 0.497 e. The van der Waals surface area contributed by atoms with Gasteiger partial charge in [0, 0.05) is 18.8 Å². The first kappa shape index (κ1) is 29.1. The summed E-state index contributed by atoms with van der Waals surface area (Å²) in [5, 5.41) is 33.8. The molecule has 4 N–H and O–H groups in total. The Balaban J connectivity index is 0.000000317. The van der Waals surface area contributed by atoms with Crippen LogP contribution in [-0.2, 0) is 20.8 Å². The fourth-order valence-corrected chi connectivity index (χ4v) is 3.19. The van der Waals surface area contributed by atoms with Gasteiger partial charge in [-0.3, -0.25) is 14.6 Å². The number of methoxy groups -OCH3 is 1. The summed E-state index contributed by atoms with van der Waals surface area (Å²) in [6, 6.07) is 11.8. The second-order valence-electron chi connectivity index (χ2n) is 8.40. The lowest BCUT2D eigenvalue weighted by molar-refractivity contribution is -0.170. The van der Waals surface area contributed by atoms with Gasteiger partial charge in [0.15, 0.2) is 17.1 Å². The van der Waals surface area contributed by atoms with Gasteiger partial charge in [0.05, 0.1) is 25.6 Å². The van der Waals surface area contributed by atoms with Crippen molar-refractivity contribution < 1.29 is 49.0 Å². The number of nitrogens with zero attached hydrogens (tertiary/aromatic N) is 2. The molecule has 0 aromatic heterocycles. The van der Waals surface area contributed by atoms with Gasteiger partial charge in [-0.25, -0.2) is 4.79 Å². The molecule has 0 amide bonds. The van der Waals surface area contributed by atoms with Gasteiger partial charge in [-0.2, -0.15) is 0 Å². The van der Waals surface area contributed by atoms with Crippen LogP contribution in [-0.4, -0.2) is 89.6 Å². The molecule has 1 aliphatic heterocycles. The molecule has 0 saturated carbocycles. The number of aliphatic imine (C=N–C) groups is 1. The average molecular weight is 519 g/mol. The first-order chi connectivity index (χ1) is 17.4. The fourth-order valence-electron chi connectivity index (χ4n) is 3.19. The third kappa shape index (κ3) is 9.09. The molecule has 37 heavy (non-hydrogen) atoms. The van der Waals surface area contributed by atoms with Gasteiger partial charge >= 0.3 is 17.9 Å². The third-order valence-electron chi connectivity index (χ3n) is 5.16. The molecule has 0 bridgehead atoms. The number of likely N-dealkylation sites (N-methyl/N-ethyl adjacent to an activating group) is 1. The van der Waals surface area contributed by atoms with Crippen molar-refractivity contribution in [2.75, 3.05) is 34.5 Å². The summed E-state index contributed by atoms with van der Waals surface area (Å²) in [4.78, 5) is 37.3. The van der Waals surface area contributed by atoms with Gasteiger partial charge in [0.2, 0.25) is 6.79 Å². The molecular formula is C25H30N2O10. The van der Waals surface area contributed by atoms with Gasteiger partial charge in [-0.05, 0) is 62.0 Å². The highest BCUT2D eigenvalue weighted by Crippen LogP contribution is 2.38. The summed E-state index contributed by atoms with van der Waals surface area (Å²) in [5.41, 5.74) is 0.346. The molecule has 0 saturated heterocycles. The van der Waals surface area contributed by atoms with E-state index >= 15 is 0 Å². The lowest BCUT2D eigenvalue weighted by atomic mass is 9.96. The highest BCUT2D eigenvalue weighted by molar-refractivity contribution is 5.88. The van der Waals surface area contributed by atoms with E-state index in [1.165, 1.54) is 0 Å². The van der Waals surface area contributed by atoms with Crippen LogP contribution in [0.15, 0.2) is 41.4 Å². The Morgan fingerprint density at radius 2 is 1.59 bits per heavy atom. The number of carboxylic acids is 3. The number of rotatable bonds is 11. The maximum Gasteiger partial charge on any atom is 0.336 e. The van der Waals surface area contributed by atoms with Crippen LogP contribution in [0.3, 0.4) is 0 Å². The van der Waals surface area contributed by atoms with Crippen molar-refractivity contribution in [3.63, 3.8) is 0 Å². The van der Waals surface area contributed by atoms with E-state index in [0.29, 0.717) is 0 Å². The highest BCUT2D eigenvalue weighted by atomic mass is 16.7. The van der Waals surface area contributed by atoms with E-state index in [1.54, 1.807) is 7.11 Å². The molecule has 0 atom stereocenters. The van der Waals surface area contributed by atoms with Crippen molar-refractivity contribution in [2.45, 2.75) is 24.9 Å². The molecule has 0 unspecified atom stereocenters. The van der Waals surface area contributed by atoms with Crippen LogP contribution in [0.2, 0.25) is 0 Å². The van der Waals surface area contributed by atoms with Crippen LogP contribution in [0.4, 0.5) is 5.69 Å². The zero-order chi connectivity index (χ0) is 27.6. The minimum atomic E-state index is -2.74. The summed E-state index contributed by atoms with van der Waals surface area (Å²) in [5.74, 6) is -2.63. The Morgan fingerprint density at radius 1 is 1.03 bits per heavy atom. The van der Waals surface area contributed by atoms with Gasteiger partial charge in [-0.1, -0.05) is 0 Å². The lowest BCUT2D eigenvalue weighted by Gasteiger charge is -2.18. The molecule has 12 heteroatoms. The molecule has 1 heterocycles. The normalized spacial score (nSPS) is 12.2. The summed E-state index contributed by atoms with van der Waals surface area (Å²) < 4.78 is 16.1. The van der Waals surface area contributed by atoms with Crippen LogP contribution >= 0.6 is 0 Å². The van der Waals surface area contributed by atoms with Crippen LogP contribution in [0.1, 0.15) is 24.0 Å². The minimum Gasteiger partial charge on any atom is -0.497 e. The van der Waals surface area contributed by atoms with Crippen molar-refractivity contribution in [3.8, 4) is 17.2 Å². The van der Waals surface area contributed by atoms with Gasteiger partial charge < -0.3 is 39.5 Å². The number of carbonyl (C=O) groups is 3. The number of fused-ring (bicyclic) bond motifs is 1. The Kier molecular flexibility index (Phi) is 10.4. The van der Waals surface area contributed by atoms with Crippen molar-refractivity contribution in [3.05, 3.63) is 47.5 Å². The van der Waals surface area contributed by atoms with Crippen LogP contribution in [0, 0.1) is 0 Å². The first-order valence-electron chi connectivity index (χ1n) is 11.1. The van der Waals surface area contributed by atoms with E-state index < -0.39 is 36.4 Å². The number of aliphatic carboxylic acids is 3. The van der Waals surface area contributed by atoms with E-state index in [1.807, 2.05) is 42.6 Å². The van der Waals surface area contributed by atoms with E-state index in [2.05, 4.69) is 24.0 Å². The summed E-state index contributed by atoms with van der Waals surface area (Å²) in [6.45, 7) is 1.22. The minimum absolute atomic E-state index is 0.272. The van der Waals surface area contributed by atoms with Crippen LogP contribution < -0.4 is 14.2 Å². The van der Waals surface area contributed by atoms with Crippen molar-refractivity contribution >= 4 is 29.8 Å². The Hall–Kier alpha value is -4.16. The zero-order valence-corrected chi connectivity index (χ0v) is 20.7. The van der Waals surface area contributed by atoms with Gasteiger partial charge in [0.1, 0.15) is 5.75 Å². The first-order valence-corrected chi connectivity index (χ1v) is 11.1. The number of ether oxygens (including phenoxy) is 3. The second-order valence-corrected chi connectivity index (χ2v) is 8.40. The molecular weight excluding hydrogens is 488 g/mol. The number of hydrogen-bond acceptors (Lipinski definition) is 9. The molecule has 3 rings (SSSR count). The predicted octanol–water partition coefficient (Wildman–Crippen LogP) is 2.03. The van der Waals surface area contributed by atoms with Gasteiger partial charge in [-0.15, -0.1) is 0 Å². The molecule has 2 aromatic carbocycles. The standard InChI is InChI=1S/C19H22N2O3.C6H8O7/c1-21(2)9-8-15-10-18-19(24-13-23-18)11-17(15)20-12-14-4-6-16(22-3)7-5-14;7-3(8)1-6(13,5(11)12)2-4(9)10/h4-7,10-12H,8-9,13H2,1-3H3;13H,1-2H2,(H,7,8)(H,9,10)(H,11,12). The van der Waals surface area contributed by atoms with E-state index in [4.69, 9.17) is 34.6 Å². The number of benzene rings is 2. The maximum atomic E-state index is 10.3. The third-order valence-corrected chi connectivity index (χ3v) is 5.16.